The Balaban J connectivity index is 2.04. The van der Waals surface area contributed by atoms with Crippen molar-refractivity contribution in [3.63, 3.8) is 0 Å². The monoisotopic (exact) mass is 305 g/mol. The fraction of sp³-hybridized carbons (Fsp3) is 0.538. The van der Waals surface area contributed by atoms with Crippen LogP contribution in [0.2, 0.25) is 0 Å². The van der Waals surface area contributed by atoms with Gasteiger partial charge in [0.15, 0.2) is 0 Å². The minimum Gasteiger partial charge on any atom is -0.406 e. The maximum Gasteiger partial charge on any atom is 0.573 e. The highest BCUT2D eigenvalue weighted by atomic mass is 19.4. The molecule has 1 heterocycles. The molecule has 1 aromatic carbocycles. The molecule has 0 aliphatic carbocycles. The lowest BCUT2D eigenvalue weighted by molar-refractivity contribution is -0.274. The van der Waals surface area contributed by atoms with E-state index in [0.29, 0.717) is 31.9 Å². The van der Waals surface area contributed by atoms with Crippen LogP contribution in [0.4, 0.5) is 13.2 Å². The number of benzene rings is 1. The Labute approximate surface area is 120 Å². The van der Waals surface area contributed by atoms with E-state index in [-0.39, 0.29) is 18.3 Å². The summed E-state index contributed by atoms with van der Waals surface area (Å²) in [4.78, 5) is 0. The zero-order chi connectivity index (χ0) is 15.3. The highest BCUT2D eigenvalue weighted by Crippen LogP contribution is 2.25. The van der Waals surface area contributed by atoms with Crippen LogP contribution in [0, 0.1) is 0 Å². The third-order valence-corrected chi connectivity index (χ3v) is 3.08. The minimum atomic E-state index is -4.70. The van der Waals surface area contributed by atoms with Crippen LogP contribution in [0.5, 0.6) is 5.75 Å². The van der Waals surface area contributed by atoms with Crippen LogP contribution in [-0.2, 0) is 4.74 Å². The molecule has 0 amide bonds. The summed E-state index contributed by atoms with van der Waals surface area (Å²) >= 11 is 0. The molecule has 1 unspecified atom stereocenters. The molecule has 3 N–H and O–H groups in total. The summed E-state index contributed by atoms with van der Waals surface area (Å²) < 4.78 is 45.9. The van der Waals surface area contributed by atoms with E-state index in [4.69, 9.17) is 10.5 Å². The van der Waals surface area contributed by atoms with E-state index >= 15 is 0 Å². The third-order valence-electron chi connectivity index (χ3n) is 3.08. The zero-order valence-corrected chi connectivity index (χ0v) is 11.4. The highest BCUT2D eigenvalue weighted by Gasteiger charge is 2.31. The van der Waals surface area contributed by atoms with Gasteiger partial charge >= 0.3 is 6.36 Å². The molecular formula is C13H18F3N3O2. The number of halogens is 3. The van der Waals surface area contributed by atoms with E-state index in [9.17, 15) is 13.2 Å². The topological polar surface area (TPSA) is 59.8 Å². The number of morpholine rings is 1. The van der Waals surface area contributed by atoms with Gasteiger partial charge in [0.25, 0.3) is 0 Å². The van der Waals surface area contributed by atoms with Gasteiger partial charge in [-0.2, -0.15) is 0 Å². The van der Waals surface area contributed by atoms with Gasteiger partial charge in [-0.05, 0) is 17.7 Å². The summed E-state index contributed by atoms with van der Waals surface area (Å²) in [6.07, 6.45) is -4.70. The molecule has 0 aromatic heterocycles. The van der Waals surface area contributed by atoms with Crippen molar-refractivity contribution in [2.75, 3.05) is 32.8 Å². The number of alkyl halides is 3. The molecule has 1 aliphatic rings. The van der Waals surface area contributed by atoms with Crippen LogP contribution in [-0.4, -0.2) is 44.2 Å². The number of ether oxygens (including phenoxy) is 2. The zero-order valence-electron chi connectivity index (χ0n) is 11.4. The van der Waals surface area contributed by atoms with Gasteiger partial charge in [-0.3, -0.25) is 0 Å². The molecule has 0 radical (unpaired) electrons. The number of hydrogen-bond acceptors (Lipinski definition) is 5. The van der Waals surface area contributed by atoms with Crippen molar-refractivity contribution in [2.24, 2.45) is 5.73 Å². The van der Waals surface area contributed by atoms with E-state index < -0.39 is 6.36 Å². The highest BCUT2D eigenvalue weighted by molar-refractivity contribution is 5.30. The fourth-order valence-corrected chi connectivity index (χ4v) is 2.10. The quantitative estimate of drug-likeness (QED) is 0.861. The minimum absolute atomic E-state index is 0.248. The molecule has 8 heteroatoms. The summed E-state index contributed by atoms with van der Waals surface area (Å²) in [5, 5.41) is 1.96. The standard InChI is InChI=1S/C13H18F3N3O2/c14-13(15,16)21-11-3-1-2-10(8-11)12(9-17)18-19-4-6-20-7-5-19/h1-3,8,12,18H,4-7,9,17H2. The van der Waals surface area contributed by atoms with Crippen LogP contribution in [0.3, 0.4) is 0 Å². The number of nitrogens with zero attached hydrogens (tertiary/aromatic N) is 1. The van der Waals surface area contributed by atoms with Gasteiger partial charge in [0.2, 0.25) is 0 Å². The van der Waals surface area contributed by atoms with Crippen LogP contribution < -0.4 is 15.9 Å². The van der Waals surface area contributed by atoms with Crippen LogP contribution in [0.25, 0.3) is 0 Å². The summed E-state index contributed by atoms with van der Waals surface area (Å²) in [5.74, 6) is -0.248. The van der Waals surface area contributed by atoms with Gasteiger partial charge in [-0.1, -0.05) is 12.1 Å². The van der Waals surface area contributed by atoms with Crippen molar-refractivity contribution in [1.82, 2.24) is 10.4 Å². The molecule has 5 nitrogen and oxygen atoms in total. The van der Waals surface area contributed by atoms with Gasteiger partial charge in [0.05, 0.1) is 19.3 Å². The maximum absolute atomic E-state index is 12.2. The van der Waals surface area contributed by atoms with E-state index in [0.717, 1.165) is 0 Å². The summed E-state index contributed by atoms with van der Waals surface area (Å²) in [5.41, 5.74) is 9.56. The Morgan fingerprint density at radius 2 is 2.05 bits per heavy atom. The van der Waals surface area contributed by atoms with Gasteiger partial charge in [-0.25, -0.2) is 10.4 Å². The molecule has 0 bridgehead atoms. The molecule has 1 saturated heterocycles. The summed E-state index contributed by atoms with van der Waals surface area (Å²) in [6, 6.07) is 5.56. The average Bonchev–Trinajstić information content (AvgIpc) is 2.44. The third kappa shape index (κ3) is 5.16. The van der Waals surface area contributed by atoms with Crippen LogP contribution in [0.15, 0.2) is 24.3 Å². The van der Waals surface area contributed by atoms with Gasteiger partial charge in [-0.15, -0.1) is 13.2 Å². The lowest BCUT2D eigenvalue weighted by Crippen LogP contribution is -2.48. The molecule has 0 saturated carbocycles. The van der Waals surface area contributed by atoms with Gasteiger partial charge in [0.1, 0.15) is 5.75 Å². The lowest BCUT2D eigenvalue weighted by atomic mass is 10.1. The molecule has 1 aromatic rings. The van der Waals surface area contributed by atoms with E-state index in [2.05, 4.69) is 10.2 Å². The number of hydrogen-bond donors (Lipinski definition) is 2. The van der Waals surface area contributed by atoms with Crippen molar-refractivity contribution in [2.45, 2.75) is 12.4 Å². The van der Waals surface area contributed by atoms with Gasteiger partial charge in [0, 0.05) is 19.6 Å². The molecule has 2 rings (SSSR count). The van der Waals surface area contributed by atoms with E-state index in [1.54, 1.807) is 6.07 Å². The Kier molecular flexibility index (Phi) is 5.40. The second-order valence-electron chi connectivity index (χ2n) is 4.64. The first-order valence-electron chi connectivity index (χ1n) is 6.62. The Morgan fingerprint density at radius 3 is 2.67 bits per heavy atom. The predicted octanol–water partition coefficient (Wildman–Crippen LogP) is 1.42. The Bertz CT molecular complexity index is 451. The number of nitrogens with one attached hydrogen (secondary N) is 1. The van der Waals surface area contributed by atoms with Crippen molar-refractivity contribution < 1.29 is 22.6 Å². The fourth-order valence-electron chi connectivity index (χ4n) is 2.10. The van der Waals surface area contributed by atoms with Gasteiger partial charge < -0.3 is 15.2 Å². The molecular weight excluding hydrogens is 287 g/mol. The molecule has 21 heavy (non-hydrogen) atoms. The summed E-state index contributed by atoms with van der Waals surface area (Å²) in [6.45, 7) is 2.89. The average molecular weight is 305 g/mol. The van der Waals surface area contributed by atoms with Crippen LogP contribution >= 0.6 is 0 Å². The first kappa shape index (κ1) is 16.0. The Morgan fingerprint density at radius 1 is 1.33 bits per heavy atom. The molecule has 1 atom stereocenters. The predicted molar refractivity (Wildman–Crippen MR) is 70.4 cm³/mol. The molecule has 1 fully saturated rings. The molecule has 118 valence electrons. The first-order valence-corrected chi connectivity index (χ1v) is 6.62. The second-order valence-corrected chi connectivity index (χ2v) is 4.64. The van der Waals surface area contributed by atoms with Crippen molar-refractivity contribution in [3.8, 4) is 5.75 Å². The normalized spacial score (nSPS) is 18.5. The van der Waals surface area contributed by atoms with Crippen molar-refractivity contribution in [1.29, 1.82) is 0 Å². The van der Waals surface area contributed by atoms with Crippen molar-refractivity contribution >= 4 is 0 Å². The lowest BCUT2D eigenvalue weighted by Gasteiger charge is -2.31. The smallest absolute Gasteiger partial charge is 0.406 e. The van der Waals surface area contributed by atoms with E-state index in [1.165, 1.54) is 18.2 Å². The number of hydrazine groups is 1. The summed E-state index contributed by atoms with van der Waals surface area (Å²) in [7, 11) is 0. The SMILES string of the molecule is NCC(NN1CCOCC1)c1cccc(OC(F)(F)F)c1. The van der Waals surface area contributed by atoms with Crippen LogP contribution in [0.1, 0.15) is 11.6 Å². The van der Waals surface area contributed by atoms with E-state index in [1.807, 2.05) is 5.01 Å². The number of rotatable bonds is 5. The second kappa shape index (κ2) is 7.08. The molecule has 1 aliphatic heterocycles. The van der Waals surface area contributed by atoms with Crippen molar-refractivity contribution in [3.05, 3.63) is 29.8 Å². The Hall–Kier alpha value is -1.35. The largest absolute Gasteiger partial charge is 0.573 e. The maximum atomic E-state index is 12.2. The number of nitrogens with two attached hydrogens (primary N) is 1. The molecule has 0 spiro atoms. The first-order chi connectivity index (χ1) is 9.98.